The zero-order chi connectivity index (χ0) is 13.0. The highest BCUT2D eigenvalue weighted by atomic mass is 16.5. The number of ether oxygens (including phenoxy) is 1. The Morgan fingerprint density at radius 2 is 1.78 bits per heavy atom. The molecular formula is C16H25NO. The fourth-order valence-corrected chi connectivity index (χ4v) is 3.02. The predicted octanol–water partition coefficient (Wildman–Crippen LogP) is 3.34. The summed E-state index contributed by atoms with van der Waals surface area (Å²) in [6.07, 6.45) is 5.37. The Morgan fingerprint density at radius 1 is 1.11 bits per heavy atom. The summed E-state index contributed by atoms with van der Waals surface area (Å²) in [6.45, 7) is 5.76. The molecule has 1 fully saturated rings. The molecule has 1 aliphatic rings. The van der Waals surface area contributed by atoms with E-state index in [0.717, 1.165) is 13.2 Å². The van der Waals surface area contributed by atoms with E-state index >= 15 is 0 Å². The van der Waals surface area contributed by atoms with Gasteiger partial charge in [-0.3, -0.25) is 0 Å². The fraction of sp³-hybridized carbons (Fsp3) is 0.625. The molecule has 0 bridgehead atoms. The lowest BCUT2D eigenvalue weighted by atomic mass is 9.86. The zero-order valence-electron chi connectivity index (χ0n) is 11.6. The highest BCUT2D eigenvalue weighted by molar-refractivity contribution is 5.28. The molecule has 0 amide bonds. The fourth-order valence-electron chi connectivity index (χ4n) is 3.02. The van der Waals surface area contributed by atoms with Crippen molar-refractivity contribution in [3.8, 4) is 0 Å². The van der Waals surface area contributed by atoms with Gasteiger partial charge in [0.2, 0.25) is 0 Å². The molecule has 18 heavy (non-hydrogen) atoms. The molecule has 2 rings (SSSR count). The second kappa shape index (κ2) is 6.35. The largest absolute Gasteiger partial charge is 0.373 e. The van der Waals surface area contributed by atoms with Gasteiger partial charge in [0, 0.05) is 0 Å². The van der Waals surface area contributed by atoms with E-state index in [4.69, 9.17) is 10.5 Å². The predicted molar refractivity (Wildman–Crippen MR) is 75.5 cm³/mol. The normalized spacial score (nSPS) is 24.2. The highest BCUT2D eigenvalue weighted by Crippen LogP contribution is 2.27. The molecule has 1 aromatic carbocycles. The van der Waals surface area contributed by atoms with Crippen molar-refractivity contribution in [2.75, 3.05) is 6.54 Å². The second-order valence-corrected chi connectivity index (χ2v) is 5.63. The topological polar surface area (TPSA) is 35.2 Å². The van der Waals surface area contributed by atoms with Crippen LogP contribution in [0.1, 0.15) is 42.4 Å². The van der Waals surface area contributed by atoms with Gasteiger partial charge in [0.15, 0.2) is 0 Å². The van der Waals surface area contributed by atoms with Crippen molar-refractivity contribution in [1.82, 2.24) is 0 Å². The highest BCUT2D eigenvalue weighted by Gasteiger charge is 2.24. The summed E-state index contributed by atoms with van der Waals surface area (Å²) in [6, 6.07) is 6.63. The maximum Gasteiger partial charge on any atom is 0.0720 e. The van der Waals surface area contributed by atoms with E-state index in [1.54, 1.807) is 0 Å². The van der Waals surface area contributed by atoms with E-state index in [-0.39, 0.29) is 0 Å². The van der Waals surface area contributed by atoms with Crippen LogP contribution in [0.5, 0.6) is 0 Å². The lowest BCUT2D eigenvalue weighted by Gasteiger charge is -2.30. The average molecular weight is 247 g/mol. The van der Waals surface area contributed by atoms with Gasteiger partial charge in [-0.15, -0.1) is 0 Å². The third-order valence-electron chi connectivity index (χ3n) is 3.89. The van der Waals surface area contributed by atoms with Gasteiger partial charge >= 0.3 is 0 Å². The van der Waals surface area contributed by atoms with Crippen LogP contribution in [0.25, 0.3) is 0 Å². The molecule has 1 aromatic rings. The second-order valence-electron chi connectivity index (χ2n) is 5.63. The smallest absolute Gasteiger partial charge is 0.0720 e. The summed E-state index contributed by atoms with van der Waals surface area (Å²) in [5.41, 5.74) is 9.74. The van der Waals surface area contributed by atoms with Crippen LogP contribution in [0.4, 0.5) is 0 Å². The molecular weight excluding hydrogens is 222 g/mol. The summed E-state index contributed by atoms with van der Waals surface area (Å²) in [5.74, 6) is 0.560. The molecule has 2 N–H and O–H groups in total. The quantitative estimate of drug-likeness (QED) is 0.885. The van der Waals surface area contributed by atoms with Gasteiger partial charge < -0.3 is 10.5 Å². The maximum absolute atomic E-state index is 6.10. The summed E-state index contributed by atoms with van der Waals surface area (Å²) in [4.78, 5) is 0. The molecule has 2 nitrogen and oxygen atoms in total. The molecule has 0 aliphatic heterocycles. The zero-order valence-corrected chi connectivity index (χ0v) is 11.6. The molecule has 1 saturated carbocycles. The molecule has 0 spiro atoms. The summed E-state index contributed by atoms with van der Waals surface area (Å²) in [5, 5.41) is 0. The maximum atomic E-state index is 6.10. The van der Waals surface area contributed by atoms with Crippen LogP contribution in [0, 0.1) is 19.8 Å². The Labute approximate surface area is 111 Å². The van der Waals surface area contributed by atoms with Crippen molar-refractivity contribution in [1.29, 1.82) is 0 Å². The lowest BCUT2D eigenvalue weighted by molar-refractivity contribution is -0.0183. The third kappa shape index (κ3) is 3.56. The summed E-state index contributed by atoms with van der Waals surface area (Å²) < 4.78 is 6.10. The first-order chi connectivity index (χ1) is 8.69. The van der Waals surface area contributed by atoms with E-state index in [2.05, 4.69) is 32.0 Å². The van der Waals surface area contributed by atoms with Crippen LogP contribution in [-0.2, 0) is 11.3 Å². The van der Waals surface area contributed by atoms with Crippen molar-refractivity contribution in [3.05, 3.63) is 34.9 Å². The van der Waals surface area contributed by atoms with Crippen molar-refractivity contribution < 1.29 is 4.74 Å². The van der Waals surface area contributed by atoms with Gasteiger partial charge in [-0.1, -0.05) is 42.2 Å². The van der Waals surface area contributed by atoms with Gasteiger partial charge in [-0.2, -0.15) is 0 Å². The monoisotopic (exact) mass is 247 g/mol. The van der Waals surface area contributed by atoms with Crippen molar-refractivity contribution in [2.45, 2.75) is 52.2 Å². The first-order valence-electron chi connectivity index (χ1n) is 7.08. The minimum atomic E-state index is 0.365. The van der Waals surface area contributed by atoms with Crippen molar-refractivity contribution in [2.24, 2.45) is 11.7 Å². The summed E-state index contributed by atoms with van der Waals surface area (Å²) >= 11 is 0. The first kappa shape index (κ1) is 13.6. The Kier molecular flexibility index (Phi) is 4.79. The Balaban J connectivity index is 1.93. The number of benzene rings is 1. The van der Waals surface area contributed by atoms with Crippen LogP contribution >= 0.6 is 0 Å². The number of aryl methyl sites for hydroxylation is 2. The molecule has 0 heterocycles. The van der Waals surface area contributed by atoms with E-state index in [9.17, 15) is 0 Å². The lowest BCUT2D eigenvalue weighted by Crippen LogP contribution is -2.33. The molecule has 1 aliphatic carbocycles. The Morgan fingerprint density at radius 3 is 2.44 bits per heavy atom. The van der Waals surface area contributed by atoms with E-state index < -0.39 is 0 Å². The van der Waals surface area contributed by atoms with Gasteiger partial charge in [0.05, 0.1) is 12.7 Å². The van der Waals surface area contributed by atoms with E-state index in [1.165, 1.54) is 42.4 Å². The number of hydrogen-bond acceptors (Lipinski definition) is 2. The molecule has 100 valence electrons. The van der Waals surface area contributed by atoms with Gasteiger partial charge in [-0.25, -0.2) is 0 Å². The van der Waals surface area contributed by atoms with E-state index in [1.807, 2.05) is 0 Å². The van der Waals surface area contributed by atoms with Crippen LogP contribution in [-0.4, -0.2) is 12.6 Å². The van der Waals surface area contributed by atoms with Crippen LogP contribution in [0.15, 0.2) is 18.2 Å². The third-order valence-corrected chi connectivity index (χ3v) is 3.89. The number of rotatable bonds is 4. The molecule has 2 unspecified atom stereocenters. The van der Waals surface area contributed by atoms with Crippen LogP contribution < -0.4 is 5.73 Å². The average Bonchev–Trinajstić information content (AvgIpc) is 2.35. The Hall–Kier alpha value is -0.860. The molecule has 2 heteroatoms. The molecule has 0 aromatic heterocycles. The molecule has 2 atom stereocenters. The van der Waals surface area contributed by atoms with Crippen LogP contribution in [0.2, 0.25) is 0 Å². The minimum Gasteiger partial charge on any atom is -0.373 e. The van der Waals surface area contributed by atoms with Gasteiger partial charge in [-0.05, 0) is 44.7 Å². The SMILES string of the molecule is Cc1cc(C)cc(COC2CCCCC2CN)c1. The van der Waals surface area contributed by atoms with Crippen LogP contribution in [0.3, 0.4) is 0 Å². The van der Waals surface area contributed by atoms with E-state index in [0.29, 0.717) is 12.0 Å². The number of hydrogen-bond donors (Lipinski definition) is 1. The van der Waals surface area contributed by atoms with Crippen molar-refractivity contribution >= 4 is 0 Å². The number of nitrogens with two attached hydrogens (primary N) is 1. The first-order valence-corrected chi connectivity index (χ1v) is 7.08. The van der Waals surface area contributed by atoms with Crippen molar-refractivity contribution in [3.63, 3.8) is 0 Å². The van der Waals surface area contributed by atoms with Gasteiger partial charge in [0.1, 0.15) is 0 Å². The van der Waals surface area contributed by atoms with Gasteiger partial charge in [0.25, 0.3) is 0 Å². The molecule has 0 saturated heterocycles. The minimum absolute atomic E-state index is 0.365. The standard InChI is InChI=1S/C16H25NO/c1-12-7-13(2)9-14(8-12)11-18-16-6-4-3-5-15(16)10-17/h7-9,15-16H,3-6,10-11,17H2,1-2H3. The summed E-state index contributed by atoms with van der Waals surface area (Å²) in [7, 11) is 0. The Bertz CT molecular complexity index is 368. The molecule has 0 radical (unpaired) electrons.